The molecular formula is C17H24N2O4S. The van der Waals surface area contributed by atoms with Gasteiger partial charge in [-0.3, -0.25) is 4.79 Å². The normalized spacial score (nSPS) is 25.9. The Labute approximate surface area is 143 Å². The minimum absolute atomic E-state index is 0.103. The molecule has 24 heavy (non-hydrogen) atoms. The molecule has 1 saturated carbocycles. The van der Waals surface area contributed by atoms with Crippen molar-refractivity contribution in [3.63, 3.8) is 0 Å². The molecule has 2 atom stereocenters. The van der Waals surface area contributed by atoms with E-state index in [9.17, 15) is 13.2 Å². The van der Waals surface area contributed by atoms with E-state index in [1.807, 2.05) is 6.92 Å². The van der Waals surface area contributed by atoms with E-state index in [2.05, 4.69) is 10.0 Å². The molecule has 2 aliphatic rings. The summed E-state index contributed by atoms with van der Waals surface area (Å²) in [4.78, 5) is 12.1. The number of carbonyl (C=O) groups excluding carboxylic acids is 1. The number of piperidine rings is 1. The lowest BCUT2D eigenvalue weighted by atomic mass is 9.96. The number of carbonyl (C=O) groups is 1. The summed E-state index contributed by atoms with van der Waals surface area (Å²) in [5.41, 5.74) is 0.243. The Morgan fingerprint density at radius 2 is 1.96 bits per heavy atom. The van der Waals surface area contributed by atoms with Gasteiger partial charge in [0.25, 0.3) is 0 Å². The predicted molar refractivity (Wildman–Crippen MR) is 90.2 cm³/mol. The van der Waals surface area contributed by atoms with Crippen LogP contribution in [0, 0.1) is 0 Å². The van der Waals surface area contributed by atoms with Gasteiger partial charge in [-0.15, -0.1) is 0 Å². The lowest BCUT2D eigenvalue weighted by molar-refractivity contribution is -0.143. The monoisotopic (exact) mass is 352 g/mol. The van der Waals surface area contributed by atoms with Crippen LogP contribution in [0.1, 0.15) is 38.2 Å². The number of ether oxygens (including phenoxy) is 1. The highest BCUT2D eigenvalue weighted by molar-refractivity contribution is 7.89. The van der Waals surface area contributed by atoms with E-state index in [1.165, 1.54) is 7.11 Å². The lowest BCUT2D eigenvalue weighted by Crippen LogP contribution is -2.51. The minimum Gasteiger partial charge on any atom is -0.468 e. The molecule has 1 aromatic carbocycles. The molecule has 0 radical (unpaired) electrons. The largest absolute Gasteiger partial charge is 0.468 e. The van der Waals surface area contributed by atoms with Gasteiger partial charge in [0.1, 0.15) is 0 Å². The van der Waals surface area contributed by atoms with Crippen molar-refractivity contribution in [2.24, 2.45) is 0 Å². The van der Waals surface area contributed by atoms with Crippen molar-refractivity contribution >= 4 is 16.0 Å². The maximum Gasteiger partial charge on any atom is 0.316 e. The fourth-order valence-corrected chi connectivity index (χ4v) is 4.71. The van der Waals surface area contributed by atoms with Gasteiger partial charge in [0.15, 0.2) is 0 Å². The molecule has 0 amide bonds. The van der Waals surface area contributed by atoms with E-state index >= 15 is 0 Å². The number of rotatable bonds is 5. The molecule has 0 spiro atoms. The summed E-state index contributed by atoms with van der Waals surface area (Å²) in [7, 11) is -2.19. The zero-order chi connectivity index (χ0) is 17.4. The first-order valence-electron chi connectivity index (χ1n) is 8.34. The van der Waals surface area contributed by atoms with Crippen molar-refractivity contribution < 1.29 is 17.9 Å². The van der Waals surface area contributed by atoms with E-state index in [0.717, 1.165) is 37.8 Å². The van der Waals surface area contributed by atoms with E-state index in [1.54, 1.807) is 24.3 Å². The number of hydrogen-bond acceptors (Lipinski definition) is 5. The highest BCUT2D eigenvalue weighted by Crippen LogP contribution is 2.49. The first kappa shape index (κ1) is 17.4. The van der Waals surface area contributed by atoms with Crippen LogP contribution in [0.5, 0.6) is 0 Å². The van der Waals surface area contributed by atoms with Crippen LogP contribution < -0.4 is 10.0 Å². The van der Waals surface area contributed by atoms with Crippen LogP contribution in [-0.4, -0.2) is 40.1 Å². The fraction of sp³-hybridized carbons (Fsp3) is 0.588. The van der Waals surface area contributed by atoms with Crippen LogP contribution >= 0.6 is 0 Å². The van der Waals surface area contributed by atoms with Crippen LogP contribution in [0.25, 0.3) is 0 Å². The van der Waals surface area contributed by atoms with Gasteiger partial charge in [-0.25, -0.2) is 13.1 Å². The summed E-state index contributed by atoms with van der Waals surface area (Å²) in [5.74, 6) is -0.252. The van der Waals surface area contributed by atoms with E-state index < -0.39 is 15.4 Å². The van der Waals surface area contributed by atoms with Crippen molar-refractivity contribution in [3.8, 4) is 0 Å². The number of benzene rings is 1. The van der Waals surface area contributed by atoms with Gasteiger partial charge in [-0.1, -0.05) is 12.1 Å². The number of methoxy groups -OCH3 is 1. The average molecular weight is 352 g/mol. The van der Waals surface area contributed by atoms with Crippen molar-refractivity contribution in [1.82, 2.24) is 10.0 Å². The number of esters is 1. The van der Waals surface area contributed by atoms with E-state index in [0.29, 0.717) is 0 Å². The van der Waals surface area contributed by atoms with Gasteiger partial charge in [0, 0.05) is 12.1 Å². The molecule has 132 valence electrons. The Morgan fingerprint density at radius 1 is 1.29 bits per heavy atom. The molecule has 1 heterocycles. The predicted octanol–water partition coefficient (Wildman–Crippen LogP) is 1.31. The van der Waals surface area contributed by atoms with Gasteiger partial charge in [-0.05, 0) is 56.8 Å². The lowest BCUT2D eigenvalue weighted by Gasteiger charge is -2.30. The molecule has 1 aromatic rings. The highest BCUT2D eigenvalue weighted by atomic mass is 32.2. The number of sulfonamides is 1. The number of nitrogens with one attached hydrogen (secondary N) is 2. The summed E-state index contributed by atoms with van der Waals surface area (Å²) in [6.45, 7) is 2.91. The second-order valence-corrected chi connectivity index (χ2v) is 8.42. The van der Waals surface area contributed by atoms with Gasteiger partial charge >= 0.3 is 5.97 Å². The fourth-order valence-electron chi connectivity index (χ4n) is 3.36. The molecule has 2 unspecified atom stereocenters. The Balaban J connectivity index is 1.76. The van der Waals surface area contributed by atoms with Gasteiger partial charge in [0.05, 0.1) is 17.4 Å². The molecule has 0 bridgehead atoms. The molecule has 7 heteroatoms. The van der Waals surface area contributed by atoms with Gasteiger partial charge < -0.3 is 10.1 Å². The molecule has 1 aliphatic heterocycles. The Kier molecular flexibility index (Phi) is 4.68. The molecule has 1 aliphatic carbocycles. The Bertz CT molecular complexity index is 711. The van der Waals surface area contributed by atoms with Crippen molar-refractivity contribution in [2.45, 2.75) is 55.0 Å². The van der Waals surface area contributed by atoms with Gasteiger partial charge in [0.2, 0.25) is 10.0 Å². The average Bonchev–Trinajstić information content (AvgIpc) is 3.38. The maximum absolute atomic E-state index is 12.6. The summed E-state index contributed by atoms with van der Waals surface area (Å²) >= 11 is 0. The highest BCUT2D eigenvalue weighted by Gasteiger charge is 2.52. The molecule has 3 rings (SSSR count). The van der Waals surface area contributed by atoms with E-state index in [-0.39, 0.29) is 22.9 Å². The first-order valence-corrected chi connectivity index (χ1v) is 9.82. The molecule has 0 aromatic heterocycles. The Morgan fingerprint density at radius 3 is 2.50 bits per heavy atom. The van der Waals surface area contributed by atoms with E-state index in [4.69, 9.17) is 4.74 Å². The molecule has 1 saturated heterocycles. The third kappa shape index (κ3) is 3.20. The van der Waals surface area contributed by atoms with Crippen LogP contribution in [-0.2, 0) is 25.0 Å². The third-order valence-corrected chi connectivity index (χ3v) is 6.62. The quantitative estimate of drug-likeness (QED) is 0.781. The van der Waals surface area contributed by atoms with Crippen LogP contribution in [0.2, 0.25) is 0 Å². The first-order chi connectivity index (χ1) is 11.4. The standard InChI is InChI=1S/C17H24N2O4S/c1-12-15(4-3-11-18-12)19-24(21,22)14-7-5-13(6-8-14)17(9-10-17)16(20)23-2/h5-8,12,15,18-19H,3-4,9-11H2,1-2H3. The van der Waals surface area contributed by atoms with Crippen LogP contribution in [0.3, 0.4) is 0 Å². The molecule has 2 fully saturated rings. The summed E-state index contributed by atoms with van der Waals surface area (Å²) < 4.78 is 32.8. The third-order valence-electron chi connectivity index (χ3n) is 5.11. The van der Waals surface area contributed by atoms with Crippen LogP contribution in [0.15, 0.2) is 29.2 Å². The molecule has 6 nitrogen and oxygen atoms in total. The smallest absolute Gasteiger partial charge is 0.316 e. The second-order valence-electron chi connectivity index (χ2n) is 6.71. The second kappa shape index (κ2) is 6.46. The van der Waals surface area contributed by atoms with Gasteiger partial charge in [-0.2, -0.15) is 0 Å². The molecule has 2 N–H and O–H groups in total. The number of hydrogen-bond donors (Lipinski definition) is 2. The maximum atomic E-state index is 12.6. The molecular weight excluding hydrogens is 328 g/mol. The summed E-state index contributed by atoms with van der Waals surface area (Å²) in [6, 6.07) is 6.60. The zero-order valence-corrected chi connectivity index (χ0v) is 14.9. The van der Waals surface area contributed by atoms with Crippen LogP contribution in [0.4, 0.5) is 0 Å². The zero-order valence-electron chi connectivity index (χ0n) is 14.0. The minimum atomic E-state index is -3.57. The van der Waals surface area contributed by atoms with Crippen molar-refractivity contribution in [1.29, 1.82) is 0 Å². The summed E-state index contributed by atoms with van der Waals surface area (Å²) in [5, 5.41) is 3.28. The van der Waals surface area contributed by atoms with Crippen molar-refractivity contribution in [3.05, 3.63) is 29.8 Å². The van der Waals surface area contributed by atoms with Crippen molar-refractivity contribution in [2.75, 3.05) is 13.7 Å². The topological polar surface area (TPSA) is 84.5 Å². The Hall–Kier alpha value is -1.44. The summed E-state index contributed by atoms with van der Waals surface area (Å²) in [6.07, 6.45) is 3.28. The SMILES string of the molecule is COC(=O)C1(c2ccc(S(=O)(=O)NC3CCCNC3C)cc2)CC1.